The normalized spacial score (nSPS) is 13.0. The fourth-order valence-corrected chi connectivity index (χ4v) is 11.5. The van der Waals surface area contributed by atoms with Gasteiger partial charge in [-0.15, -0.1) is 0 Å². The van der Waals surface area contributed by atoms with Gasteiger partial charge < -0.3 is 0 Å². The van der Waals surface area contributed by atoms with E-state index in [1.165, 1.54) is 29.1 Å². The van der Waals surface area contributed by atoms with Crippen molar-refractivity contribution in [1.29, 1.82) is 0 Å². The molecule has 0 spiro atoms. The molecule has 0 aliphatic heterocycles. The number of ether oxygens (including phenoxy) is 1. The predicted octanol–water partition coefficient (Wildman–Crippen LogP) is 5.34. The molecule has 150 valence electrons. The van der Waals surface area contributed by atoms with Crippen LogP contribution in [0.25, 0.3) is 0 Å². The Kier molecular flexibility index (Phi) is 7.05. The summed E-state index contributed by atoms with van der Waals surface area (Å²) in [6.45, 7) is 0. The van der Waals surface area contributed by atoms with Crippen molar-refractivity contribution in [3.63, 3.8) is 0 Å². The van der Waals surface area contributed by atoms with Crippen molar-refractivity contribution in [2.24, 2.45) is 0 Å². The Bertz CT molecular complexity index is 856. The number of esters is 1. The quantitative estimate of drug-likeness (QED) is 0.193. The molecule has 2 nitrogen and oxygen atoms in total. The van der Waals surface area contributed by atoms with E-state index in [0.29, 0.717) is 0 Å². The van der Waals surface area contributed by atoms with Gasteiger partial charge in [-0.25, -0.2) is 0 Å². The van der Waals surface area contributed by atoms with Crippen LogP contribution in [0, 0.1) is 0 Å². The Hall–Kier alpha value is -2.22. The van der Waals surface area contributed by atoms with Crippen molar-refractivity contribution in [1.82, 2.24) is 0 Å². The second-order valence-electron chi connectivity index (χ2n) is 6.98. The van der Waals surface area contributed by atoms with E-state index in [4.69, 9.17) is 4.74 Å². The Labute approximate surface area is 181 Å². The molecule has 0 amide bonds. The molecular formula is C25H26BrO2P. The summed E-state index contributed by atoms with van der Waals surface area (Å²) in [6, 6.07) is 32.3. The molecule has 0 fully saturated rings. The van der Waals surface area contributed by atoms with Crippen molar-refractivity contribution >= 4 is 42.7 Å². The fourth-order valence-electron chi connectivity index (χ4n) is 3.80. The molecule has 4 heteroatoms. The van der Waals surface area contributed by atoms with Crippen molar-refractivity contribution in [3.8, 4) is 0 Å². The van der Waals surface area contributed by atoms with E-state index in [9.17, 15) is 4.79 Å². The van der Waals surface area contributed by atoms with E-state index in [-0.39, 0.29) is 5.97 Å². The number of unbranched alkanes of at least 4 members (excludes halogenated alkanes) is 1. The first kappa shape index (κ1) is 21.5. The number of hydrogen-bond acceptors (Lipinski definition) is 2. The molecule has 0 aliphatic carbocycles. The molecule has 0 aliphatic rings. The zero-order chi connectivity index (χ0) is 20.6. The van der Waals surface area contributed by atoms with Gasteiger partial charge in [-0.1, -0.05) is 0 Å². The van der Waals surface area contributed by atoms with Crippen LogP contribution in [-0.4, -0.2) is 19.2 Å². The summed E-state index contributed by atoms with van der Waals surface area (Å²) < 4.78 is 4.70. The molecule has 3 aromatic rings. The summed E-state index contributed by atoms with van der Waals surface area (Å²) in [5.74, 6) is -0.310. The molecule has 0 bridgehead atoms. The number of rotatable bonds is 8. The van der Waals surface area contributed by atoms with Crippen LogP contribution in [0.2, 0.25) is 0 Å². The molecule has 0 atom stereocenters. The number of benzene rings is 3. The second kappa shape index (κ2) is 9.52. The van der Waals surface area contributed by atoms with Crippen LogP contribution in [0.15, 0.2) is 103 Å². The molecule has 0 aromatic heterocycles. The maximum atomic E-state index is 11.4. The van der Waals surface area contributed by atoms with Gasteiger partial charge in [0.15, 0.2) is 0 Å². The van der Waals surface area contributed by atoms with Crippen molar-refractivity contribution in [2.75, 3.05) is 13.3 Å². The third kappa shape index (κ3) is 4.37. The molecule has 0 saturated heterocycles. The summed E-state index contributed by atoms with van der Waals surface area (Å²) in [7, 11) is 1.40. The van der Waals surface area contributed by atoms with Gasteiger partial charge in [-0.3, -0.25) is 0 Å². The van der Waals surface area contributed by atoms with Gasteiger partial charge in [0.25, 0.3) is 0 Å². The van der Waals surface area contributed by atoms with Crippen molar-refractivity contribution in [2.45, 2.75) is 12.8 Å². The fraction of sp³-hybridized carbons (Fsp3) is 0.160. The SMILES string of the molecule is COC(=O)C=CCCCP(Br)(c1ccccc1)(c1ccccc1)c1ccccc1. The number of methoxy groups -OCH3 is 1. The van der Waals surface area contributed by atoms with Gasteiger partial charge in [0.1, 0.15) is 0 Å². The second-order valence-corrected chi connectivity index (χ2v) is 16.0. The molecule has 0 heterocycles. The Balaban J connectivity index is 2.11. The van der Waals surface area contributed by atoms with E-state index >= 15 is 0 Å². The summed E-state index contributed by atoms with van der Waals surface area (Å²) in [5, 5.41) is 1.08. The topological polar surface area (TPSA) is 26.3 Å². The van der Waals surface area contributed by atoms with Crippen LogP contribution >= 0.6 is 20.8 Å². The van der Waals surface area contributed by atoms with Crippen LogP contribution in [-0.2, 0) is 9.53 Å². The van der Waals surface area contributed by atoms with Crippen LogP contribution in [0.4, 0.5) is 0 Å². The zero-order valence-electron chi connectivity index (χ0n) is 16.6. The van der Waals surface area contributed by atoms with Gasteiger partial charge >= 0.3 is 181 Å². The minimum absolute atomic E-state index is 0.310. The first-order chi connectivity index (χ1) is 14.1. The van der Waals surface area contributed by atoms with Crippen LogP contribution < -0.4 is 15.9 Å². The Morgan fingerprint density at radius 2 is 1.24 bits per heavy atom. The third-order valence-corrected chi connectivity index (χ3v) is 15.3. The first-order valence-corrected chi connectivity index (χ1v) is 14.2. The molecule has 0 saturated carbocycles. The van der Waals surface area contributed by atoms with E-state index in [2.05, 4.69) is 106 Å². The predicted molar refractivity (Wildman–Crippen MR) is 129 cm³/mol. The van der Waals surface area contributed by atoms with Crippen molar-refractivity contribution in [3.05, 3.63) is 103 Å². The number of carbonyl (C=O) groups is 1. The zero-order valence-corrected chi connectivity index (χ0v) is 19.1. The summed E-state index contributed by atoms with van der Waals surface area (Å²) in [5.41, 5.74) is 0. The standard InChI is InChI=1S/C25H26BrO2P/c1-28-25(27)20-12-5-13-21-29(26,22-14-6-2-7-15-22,23-16-8-3-9-17-23)24-18-10-4-11-19-24/h2-4,6-12,14-20H,5,13,21H2,1H3. The molecule has 0 radical (unpaired) electrons. The van der Waals surface area contributed by atoms with Gasteiger partial charge in [0.2, 0.25) is 0 Å². The summed E-state index contributed by atoms with van der Waals surface area (Å²) in [4.78, 5) is 11.4. The maximum absolute atomic E-state index is 11.4. The monoisotopic (exact) mass is 468 g/mol. The van der Waals surface area contributed by atoms with Crippen LogP contribution in [0.5, 0.6) is 0 Å². The van der Waals surface area contributed by atoms with Crippen molar-refractivity contribution < 1.29 is 9.53 Å². The molecular weight excluding hydrogens is 443 g/mol. The van der Waals surface area contributed by atoms with Gasteiger partial charge in [0.05, 0.1) is 0 Å². The van der Waals surface area contributed by atoms with E-state index < -0.39 is 5.31 Å². The number of allylic oxidation sites excluding steroid dienone is 1. The van der Waals surface area contributed by atoms with Crippen LogP contribution in [0.1, 0.15) is 12.8 Å². The van der Waals surface area contributed by atoms with E-state index in [1.54, 1.807) is 0 Å². The first-order valence-electron chi connectivity index (χ1n) is 9.73. The average molecular weight is 469 g/mol. The van der Waals surface area contributed by atoms with Gasteiger partial charge in [-0.2, -0.15) is 0 Å². The molecule has 29 heavy (non-hydrogen) atoms. The Morgan fingerprint density at radius 3 is 1.62 bits per heavy atom. The van der Waals surface area contributed by atoms with E-state index in [1.807, 2.05) is 6.08 Å². The Morgan fingerprint density at radius 1 is 0.828 bits per heavy atom. The molecule has 3 rings (SSSR count). The van der Waals surface area contributed by atoms with Gasteiger partial charge in [0, 0.05) is 0 Å². The van der Waals surface area contributed by atoms with E-state index in [0.717, 1.165) is 19.0 Å². The molecule has 0 unspecified atom stereocenters. The van der Waals surface area contributed by atoms with Crippen LogP contribution in [0.3, 0.4) is 0 Å². The summed E-state index contributed by atoms with van der Waals surface area (Å²) in [6.07, 6.45) is 6.12. The molecule has 0 N–H and O–H groups in total. The van der Waals surface area contributed by atoms with Gasteiger partial charge in [-0.05, 0) is 0 Å². The number of carbonyl (C=O) groups excluding carboxylic acids is 1. The molecule has 3 aromatic carbocycles. The number of halogens is 1. The number of hydrogen-bond donors (Lipinski definition) is 0. The minimum atomic E-state index is -2.86. The summed E-state index contributed by atoms with van der Waals surface area (Å²) >= 11 is 4.43. The average Bonchev–Trinajstić information content (AvgIpc) is 2.80. The third-order valence-electron chi connectivity index (χ3n) is 5.29.